The fourth-order valence-corrected chi connectivity index (χ4v) is 9.88. The molecule has 0 bridgehead atoms. The molecular formula is C26H25PSi. The van der Waals surface area contributed by atoms with E-state index in [2.05, 4.69) is 128 Å². The first-order valence-corrected chi connectivity index (χ1v) is 14.1. The van der Waals surface area contributed by atoms with Crippen molar-refractivity contribution in [2.75, 3.05) is 0 Å². The van der Waals surface area contributed by atoms with Gasteiger partial charge in [0.2, 0.25) is 0 Å². The van der Waals surface area contributed by atoms with Crippen LogP contribution in [0.25, 0.3) is 0 Å². The molecule has 0 unspecified atom stereocenters. The Balaban J connectivity index is 1.92. The van der Waals surface area contributed by atoms with Crippen LogP contribution in [-0.4, -0.2) is 8.07 Å². The van der Waals surface area contributed by atoms with Gasteiger partial charge in [-0.15, -0.1) is 0 Å². The molecule has 0 fully saturated rings. The quantitative estimate of drug-likeness (QED) is 0.349. The maximum atomic E-state index is 2.48. The Bertz CT molecular complexity index is 988. The van der Waals surface area contributed by atoms with Crippen molar-refractivity contribution in [3.05, 3.63) is 115 Å². The van der Waals surface area contributed by atoms with E-state index in [1.54, 1.807) is 5.19 Å². The lowest BCUT2D eigenvalue weighted by atomic mass is 10.3. The first-order valence-electron chi connectivity index (χ1n) is 9.73. The smallest absolute Gasteiger partial charge is 0.0626 e. The van der Waals surface area contributed by atoms with Gasteiger partial charge >= 0.3 is 0 Å². The van der Waals surface area contributed by atoms with Crippen LogP contribution in [0.2, 0.25) is 13.1 Å². The highest BCUT2D eigenvalue weighted by Gasteiger charge is 2.31. The standard InChI is InChI=1S/C26H25PSi/c1-28(2,24-18-10-5-11-19-24)26-21-13-12-20-25(26)27(22-14-6-3-7-15-22)23-16-8-4-9-17-23/h3-21H,1-2H3. The zero-order chi connectivity index (χ0) is 19.4. The van der Waals surface area contributed by atoms with Gasteiger partial charge in [0, 0.05) is 0 Å². The Hall–Kier alpha value is -2.47. The van der Waals surface area contributed by atoms with Crippen molar-refractivity contribution < 1.29 is 0 Å². The zero-order valence-corrected chi connectivity index (χ0v) is 18.3. The third-order valence-corrected chi connectivity index (χ3v) is 11.6. The largest absolute Gasteiger partial charge is 0.113 e. The molecule has 0 saturated carbocycles. The fraction of sp³-hybridized carbons (Fsp3) is 0.0769. The number of rotatable bonds is 5. The second-order valence-corrected chi connectivity index (χ2v) is 14.1. The summed E-state index contributed by atoms with van der Waals surface area (Å²) in [7, 11) is -2.40. The highest BCUT2D eigenvalue weighted by Crippen LogP contribution is 2.32. The molecule has 4 rings (SSSR count). The van der Waals surface area contributed by atoms with Gasteiger partial charge in [-0.3, -0.25) is 0 Å². The topological polar surface area (TPSA) is 0 Å². The monoisotopic (exact) mass is 396 g/mol. The second-order valence-electron chi connectivity index (χ2n) is 7.51. The average molecular weight is 397 g/mol. The van der Waals surface area contributed by atoms with Gasteiger partial charge in [-0.05, 0) is 29.0 Å². The number of hydrogen-bond donors (Lipinski definition) is 0. The zero-order valence-electron chi connectivity index (χ0n) is 16.4. The summed E-state index contributed by atoms with van der Waals surface area (Å²) >= 11 is 0. The molecule has 0 heterocycles. The lowest BCUT2D eigenvalue weighted by molar-refractivity contribution is 1.69. The summed E-state index contributed by atoms with van der Waals surface area (Å²) in [6.07, 6.45) is 0. The van der Waals surface area contributed by atoms with E-state index in [-0.39, 0.29) is 0 Å². The predicted molar refractivity (Wildman–Crippen MR) is 128 cm³/mol. The maximum absolute atomic E-state index is 2.48. The second kappa shape index (κ2) is 8.27. The van der Waals surface area contributed by atoms with Crippen LogP contribution in [0.4, 0.5) is 0 Å². The minimum atomic E-state index is -1.81. The summed E-state index contributed by atoms with van der Waals surface area (Å²) in [4.78, 5) is 0. The van der Waals surface area contributed by atoms with Crippen LogP contribution in [0, 0.1) is 0 Å². The van der Waals surface area contributed by atoms with E-state index in [0.717, 1.165) is 0 Å². The Morgan fingerprint density at radius 2 is 0.929 bits per heavy atom. The van der Waals surface area contributed by atoms with E-state index in [1.165, 1.54) is 21.1 Å². The lowest BCUT2D eigenvalue weighted by Crippen LogP contribution is -2.58. The molecule has 0 spiro atoms. The summed E-state index contributed by atoms with van der Waals surface area (Å²) < 4.78 is 0. The van der Waals surface area contributed by atoms with Crippen LogP contribution in [0.1, 0.15) is 0 Å². The molecule has 0 aromatic heterocycles. The van der Waals surface area contributed by atoms with E-state index >= 15 is 0 Å². The average Bonchev–Trinajstić information content (AvgIpc) is 2.76. The van der Waals surface area contributed by atoms with Crippen LogP contribution in [0.15, 0.2) is 115 Å². The Morgan fingerprint density at radius 3 is 1.46 bits per heavy atom. The van der Waals surface area contributed by atoms with Crippen molar-refractivity contribution in [1.29, 1.82) is 0 Å². The van der Waals surface area contributed by atoms with Crippen molar-refractivity contribution >= 4 is 42.3 Å². The van der Waals surface area contributed by atoms with Gasteiger partial charge in [0.15, 0.2) is 0 Å². The van der Waals surface area contributed by atoms with Gasteiger partial charge in [-0.1, -0.05) is 134 Å². The molecule has 0 aliphatic rings. The predicted octanol–water partition coefficient (Wildman–Crippen LogP) is 4.27. The summed E-state index contributed by atoms with van der Waals surface area (Å²) in [5.74, 6) is 0. The van der Waals surface area contributed by atoms with Crippen molar-refractivity contribution in [3.63, 3.8) is 0 Å². The van der Waals surface area contributed by atoms with E-state index < -0.39 is 16.0 Å². The van der Waals surface area contributed by atoms with Crippen LogP contribution in [0.5, 0.6) is 0 Å². The molecule has 4 aromatic rings. The van der Waals surface area contributed by atoms with Crippen molar-refractivity contribution in [1.82, 2.24) is 0 Å². The molecule has 0 nitrogen and oxygen atoms in total. The molecule has 0 aliphatic heterocycles. The summed E-state index contributed by atoms with van der Waals surface area (Å²) in [5, 5.41) is 7.34. The van der Waals surface area contributed by atoms with Crippen molar-refractivity contribution in [2.24, 2.45) is 0 Å². The SMILES string of the molecule is C[Si](C)(c1ccccc1)c1ccccc1P(c1ccccc1)c1ccccc1. The highest BCUT2D eigenvalue weighted by molar-refractivity contribution is 7.80. The molecule has 2 heteroatoms. The summed E-state index contributed by atoms with van der Waals surface area (Å²) in [6.45, 7) is 4.95. The van der Waals surface area contributed by atoms with Crippen LogP contribution in [0.3, 0.4) is 0 Å². The van der Waals surface area contributed by atoms with Crippen molar-refractivity contribution in [2.45, 2.75) is 13.1 Å². The van der Waals surface area contributed by atoms with Gasteiger partial charge in [0.1, 0.15) is 8.07 Å². The van der Waals surface area contributed by atoms with Crippen molar-refractivity contribution in [3.8, 4) is 0 Å². The van der Waals surface area contributed by atoms with Crippen LogP contribution >= 0.6 is 7.92 Å². The summed E-state index contributed by atoms with van der Waals surface area (Å²) in [6, 6.07) is 42.2. The maximum Gasteiger partial charge on any atom is 0.113 e. The van der Waals surface area contributed by atoms with E-state index in [9.17, 15) is 0 Å². The minimum Gasteiger partial charge on any atom is -0.0626 e. The molecule has 0 aliphatic carbocycles. The Labute approximate surface area is 170 Å². The van der Waals surface area contributed by atoms with Gasteiger partial charge in [-0.25, -0.2) is 0 Å². The minimum absolute atomic E-state index is 0.587. The number of benzene rings is 4. The first kappa shape index (κ1) is 18.9. The molecule has 28 heavy (non-hydrogen) atoms. The molecule has 0 amide bonds. The van der Waals surface area contributed by atoms with Gasteiger partial charge in [-0.2, -0.15) is 0 Å². The highest BCUT2D eigenvalue weighted by atomic mass is 31.1. The Morgan fingerprint density at radius 1 is 0.500 bits per heavy atom. The molecule has 0 radical (unpaired) electrons. The van der Waals surface area contributed by atoms with Gasteiger partial charge in [0.05, 0.1) is 0 Å². The van der Waals surface area contributed by atoms with Gasteiger partial charge < -0.3 is 0 Å². The van der Waals surface area contributed by atoms with E-state index in [4.69, 9.17) is 0 Å². The van der Waals surface area contributed by atoms with Gasteiger partial charge in [0.25, 0.3) is 0 Å². The third-order valence-electron chi connectivity index (χ3n) is 5.34. The molecule has 4 aromatic carbocycles. The Kier molecular flexibility index (Phi) is 5.57. The molecule has 0 atom stereocenters. The normalized spacial score (nSPS) is 11.5. The van der Waals surface area contributed by atoms with Crippen LogP contribution < -0.4 is 26.3 Å². The lowest BCUT2D eigenvalue weighted by Gasteiger charge is -2.30. The first-order chi connectivity index (χ1) is 13.7. The van der Waals surface area contributed by atoms with E-state index in [0.29, 0.717) is 0 Å². The van der Waals surface area contributed by atoms with E-state index in [1.807, 2.05) is 0 Å². The molecular weight excluding hydrogens is 371 g/mol. The molecule has 0 saturated heterocycles. The third kappa shape index (κ3) is 3.74. The van der Waals surface area contributed by atoms with Crippen LogP contribution in [-0.2, 0) is 0 Å². The number of hydrogen-bond acceptors (Lipinski definition) is 0. The molecule has 138 valence electrons. The fourth-order valence-electron chi connectivity index (χ4n) is 3.79. The molecule has 0 N–H and O–H groups in total. The summed E-state index contributed by atoms with van der Waals surface area (Å²) in [5.41, 5.74) is 0.